The first-order valence-electron chi connectivity index (χ1n) is 0.750. The fraction of sp³-hybridized carbons (Fsp3) is 0.250. The molecule has 0 nitrogen and oxygen atoms in total. The maximum absolute atomic E-state index is 5.96. The van der Waals surface area contributed by atoms with E-state index >= 15 is 0 Å². The summed E-state index contributed by atoms with van der Waals surface area (Å²) in [7, 11) is 0. The molecule has 1 heteroatoms. The van der Waals surface area contributed by atoms with Crippen LogP contribution in [0, 0.1) is 19.8 Å². The molecule has 0 atom stereocenters. The Bertz CT molecular complexity index is 25.1. The zero-order valence-corrected chi connectivity index (χ0v) is 5.12. The van der Waals surface area contributed by atoms with Crippen molar-refractivity contribution in [2.75, 3.05) is 0 Å². The van der Waals surface area contributed by atoms with Crippen molar-refractivity contribution in [1.82, 2.24) is 0 Å². The normalized spacial score (nSPS) is 1.60. The van der Waals surface area contributed by atoms with Crippen molar-refractivity contribution in [3.05, 3.63) is 13.9 Å². The molecule has 0 aromatic heterocycles. The van der Waals surface area contributed by atoms with Gasteiger partial charge in [0, 0.05) is 0 Å². The number of hydrogen-bond acceptors (Lipinski definition) is 0. The van der Waals surface area contributed by atoms with Gasteiger partial charge in [-0.3, -0.25) is 0 Å². The minimum atomic E-state index is 0. The molecule has 0 radical (unpaired) electrons. The molecule has 0 bridgehead atoms. The number of rotatable bonds is 0. The molecule has 5 heavy (non-hydrogen) atoms. The summed E-state index contributed by atoms with van der Waals surface area (Å²) < 4.78 is 0. The van der Waals surface area contributed by atoms with Crippen molar-refractivity contribution < 1.29 is 0 Å². The summed E-state index contributed by atoms with van der Waals surface area (Å²) in [5.41, 5.74) is 0. The van der Waals surface area contributed by atoms with E-state index in [1.54, 1.807) is 6.92 Å². The van der Waals surface area contributed by atoms with Crippen LogP contribution in [-0.4, -0.2) is 23.1 Å². The van der Waals surface area contributed by atoms with Crippen LogP contribution in [0.3, 0.4) is 0 Å². The van der Waals surface area contributed by atoms with E-state index in [0.717, 1.165) is 0 Å². The van der Waals surface area contributed by atoms with Gasteiger partial charge >= 0.3 is 23.1 Å². The van der Waals surface area contributed by atoms with Gasteiger partial charge in [-0.05, 0) is 6.92 Å². The van der Waals surface area contributed by atoms with Crippen LogP contribution in [0.5, 0.6) is 0 Å². The van der Waals surface area contributed by atoms with Crippen LogP contribution in [0.25, 0.3) is 0 Å². The van der Waals surface area contributed by atoms with Gasteiger partial charge in [-0.2, -0.15) is 0 Å². The Labute approximate surface area is 50.1 Å². The molecule has 0 rings (SSSR count). The van der Waals surface area contributed by atoms with E-state index in [0.29, 0.717) is 0 Å². The molecule has 0 aliphatic heterocycles. The molecule has 24 valence electrons. The summed E-state index contributed by atoms with van der Waals surface area (Å²) in [6.07, 6.45) is 5.96. The summed E-state index contributed by atoms with van der Waals surface area (Å²) in [6, 6.07) is 0. The van der Waals surface area contributed by atoms with E-state index in [2.05, 4.69) is 0 Å². The molecule has 0 heterocycles. The third-order valence-electron chi connectivity index (χ3n) is 0. The van der Waals surface area contributed by atoms with Gasteiger partial charge in [0.05, 0.1) is 0 Å². The molecule has 0 aromatic carbocycles. The molecule has 0 saturated carbocycles. The average Bonchev–Trinajstić information content (AvgIpc) is 0.918. The van der Waals surface area contributed by atoms with Crippen LogP contribution in [0.15, 0.2) is 0 Å². The summed E-state index contributed by atoms with van der Waals surface area (Å²) >= 11 is 0. The summed E-state index contributed by atoms with van der Waals surface area (Å²) in [6.45, 7) is 1.54. The smallest absolute Gasteiger partial charge is 0.694 e. The Morgan fingerprint density at radius 1 is 1.60 bits per heavy atom. The van der Waals surface area contributed by atoms with Crippen molar-refractivity contribution in [3.8, 4) is 5.92 Å². The summed E-state index contributed by atoms with van der Waals surface area (Å²) in [5.74, 6) is 2.00. The van der Waals surface area contributed by atoms with Crippen LogP contribution in [0.1, 0.15) is 6.92 Å². The topological polar surface area (TPSA) is 0 Å². The molecular weight excluding hydrogens is 72.3 g/mol. The Hall–Kier alpha value is 0.326. The van der Waals surface area contributed by atoms with Gasteiger partial charge in [-0.25, -0.2) is 0 Å². The van der Waals surface area contributed by atoms with Crippen LogP contribution in [0.2, 0.25) is 0 Å². The van der Waals surface area contributed by atoms with Crippen molar-refractivity contribution in [3.63, 3.8) is 0 Å². The minimum Gasteiger partial charge on any atom is -0.694 e. The first kappa shape index (κ1) is 18.4. The molecule has 0 fully saturated rings. The van der Waals surface area contributed by atoms with Gasteiger partial charge in [0.25, 0.3) is 0 Å². The molecular formula is C4H6Mg. The zero-order valence-electron chi connectivity index (χ0n) is 3.71. The predicted octanol–water partition coefficient (Wildman–Crippen LogP) is 0.666. The molecule has 0 aliphatic carbocycles. The Balaban J connectivity index is -0.0000000200. The van der Waals surface area contributed by atoms with Gasteiger partial charge in [0.1, 0.15) is 0 Å². The quantitative estimate of drug-likeness (QED) is 0.227. The molecule has 0 aromatic rings. The minimum absolute atomic E-state index is 0. The van der Waals surface area contributed by atoms with Crippen molar-refractivity contribution in [2.45, 2.75) is 6.92 Å². The zero-order chi connectivity index (χ0) is 2.71. The maximum Gasteiger partial charge on any atom is 2.00 e. The molecule has 0 N–H and O–H groups in total. The van der Waals surface area contributed by atoms with Crippen LogP contribution < -0.4 is 0 Å². The van der Waals surface area contributed by atoms with Crippen LogP contribution >= 0.6 is 0 Å². The van der Waals surface area contributed by atoms with Gasteiger partial charge < -0.3 is 19.8 Å². The summed E-state index contributed by atoms with van der Waals surface area (Å²) in [5, 5.41) is 0. The summed E-state index contributed by atoms with van der Waals surface area (Å²) in [4.78, 5) is 0. The maximum atomic E-state index is 5.96. The van der Waals surface area contributed by atoms with Gasteiger partial charge in [0.15, 0.2) is 0 Å². The van der Waals surface area contributed by atoms with Crippen molar-refractivity contribution in [2.24, 2.45) is 0 Å². The molecule has 0 unspecified atom stereocenters. The van der Waals surface area contributed by atoms with E-state index in [1.165, 1.54) is 0 Å². The first-order valence-corrected chi connectivity index (χ1v) is 0.750. The molecule has 0 amide bonds. The molecule has 0 aliphatic rings. The molecule has 0 spiro atoms. The monoisotopic (exact) mass is 78.0 g/mol. The van der Waals surface area contributed by atoms with E-state index in [1.807, 2.05) is 5.92 Å². The van der Waals surface area contributed by atoms with E-state index in [9.17, 15) is 0 Å². The third kappa shape index (κ3) is 220. The fourth-order valence-corrected chi connectivity index (χ4v) is 0. The van der Waals surface area contributed by atoms with Crippen molar-refractivity contribution >= 4 is 23.1 Å². The molecule has 0 saturated heterocycles. The van der Waals surface area contributed by atoms with E-state index in [4.69, 9.17) is 6.42 Å². The van der Waals surface area contributed by atoms with E-state index < -0.39 is 0 Å². The Morgan fingerprint density at radius 3 is 1.60 bits per heavy atom. The fourth-order valence-electron chi connectivity index (χ4n) is 0. The SMILES string of the molecule is [C-]#CC.[CH3-].[Mg+2]. The second-order valence-corrected chi connectivity index (χ2v) is 0.250. The van der Waals surface area contributed by atoms with Gasteiger partial charge in [-0.1, -0.05) is 0 Å². The Morgan fingerprint density at radius 2 is 1.60 bits per heavy atom. The standard InChI is InChI=1S/C3H3.CH3.Mg/c1-3-2;;/h1H3;1H3;/q2*-1;+2. The Kier molecular flexibility index (Phi) is 100. The van der Waals surface area contributed by atoms with Gasteiger partial charge in [-0.15, -0.1) is 0 Å². The largest absolute Gasteiger partial charge is 2.00 e. The van der Waals surface area contributed by atoms with E-state index in [-0.39, 0.29) is 30.5 Å². The van der Waals surface area contributed by atoms with Crippen LogP contribution in [-0.2, 0) is 0 Å². The third-order valence-corrected chi connectivity index (χ3v) is 0. The van der Waals surface area contributed by atoms with Crippen molar-refractivity contribution in [1.29, 1.82) is 0 Å². The number of hydrogen-bond donors (Lipinski definition) is 0. The average molecular weight is 78.4 g/mol. The second-order valence-electron chi connectivity index (χ2n) is 0.250. The second kappa shape index (κ2) is 27.2. The predicted molar refractivity (Wildman–Crippen MR) is 25.0 cm³/mol. The van der Waals surface area contributed by atoms with Crippen LogP contribution in [0.4, 0.5) is 0 Å². The first-order chi connectivity index (χ1) is 1.41. The van der Waals surface area contributed by atoms with Gasteiger partial charge in [0.2, 0.25) is 0 Å².